The highest BCUT2D eigenvalue weighted by molar-refractivity contribution is 5.95. The molecule has 0 aromatic carbocycles. The second-order valence-electron chi connectivity index (χ2n) is 5.74. The van der Waals surface area contributed by atoms with E-state index in [1.807, 2.05) is 20.0 Å². The molecule has 4 nitrogen and oxygen atoms in total. The molecule has 0 radical (unpaired) electrons. The molecule has 0 aliphatic heterocycles. The summed E-state index contributed by atoms with van der Waals surface area (Å²) in [6.07, 6.45) is 2.89. The van der Waals surface area contributed by atoms with E-state index in [2.05, 4.69) is 36.4 Å². The maximum atomic E-state index is 12.3. The Morgan fingerprint density at radius 3 is 2.55 bits per heavy atom. The number of anilines is 1. The molecule has 20 heavy (non-hydrogen) atoms. The highest BCUT2D eigenvalue weighted by atomic mass is 16.1. The fourth-order valence-corrected chi connectivity index (χ4v) is 2.30. The first-order valence-corrected chi connectivity index (χ1v) is 7.45. The summed E-state index contributed by atoms with van der Waals surface area (Å²) >= 11 is 0. The Bertz CT molecular complexity index is 443. The third-order valence-corrected chi connectivity index (χ3v) is 3.11. The molecule has 0 saturated heterocycles. The molecule has 1 aromatic heterocycles. The van der Waals surface area contributed by atoms with Crippen molar-refractivity contribution < 1.29 is 4.79 Å². The molecule has 0 spiro atoms. The van der Waals surface area contributed by atoms with Crippen LogP contribution >= 0.6 is 0 Å². The first kappa shape index (κ1) is 16.5. The van der Waals surface area contributed by atoms with Crippen molar-refractivity contribution >= 4 is 11.7 Å². The number of nitrogens with one attached hydrogen (secondary N) is 2. The average Bonchev–Trinajstić information content (AvgIpc) is 2.37. The summed E-state index contributed by atoms with van der Waals surface area (Å²) in [7, 11) is 1.82. The van der Waals surface area contributed by atoms with Crippen LogP contribution < -0.4 is 10.6 Å². The molecule has 0 bridgehead atoms. The Kier molecular flexibility index (Phi) is 6.49. The van der Waals surface area contributed by atoms with Gasteiger partial charge >= 0.3 is 0 Å². The molecule has 1 atom stereocenters. The lowest BCUT2D eigenvalue weighted by molar-refractivity contribution is 0.0936. The average molecular weight is 277 g/mol. The Hall–Kier alpha value is -1.58. The van der Waals surface area contributed by atoms with Gasteiger partial charge in [-0.15, -0.1) is 0 Å². The smallest absolute Gasteiger partial charge is 0.251 e. The number of carbonyl (C=O) groups excluding carboxylic acids is 1. The molecule has 1 amide bonds. The molecule has 112 valence electrons. The van der Waals surface area contributed by atoms with Gasteiger partial charge in [0.25, 0.3) is 5.91 Å². The Morgan fingerprint density at radius 2 is 2.00 bits per heavy atom. The van der Waals surface area contributed by atoms with Crippen LogP contribution in [-0.2, 0) is 6.42 Å². The van der Waals surface area contributed by atoms with Crippen LogP contribution in [0, 0.1) is 5.92 Å². The number of nitrogens with zero attached hydrogens (tertiary/aromatic N) is 1. The largest absolute Gasteiger partial charge is 0.373 e. The van der Waals surface area contributed by atoms with E-state index in [1.165, 1.54) is 0 Å². The lowest BCUT2D eigenvalue weighted by Crippen LogP contribution is -2.33. The number of hydrogen-bond donors (Lipinski definition) is 2. The fraction of sp³-hybridized carbons (Fsp3) is 0.625. The van der Waals surface area contributed by atoms with Crippen molar-refractivity contribution in [2.75, 3.05) is 12.4 Å². The molecule has 0 saturated carbocycles. The summed E-state index contributed by atoms with van der Waals surface area (Å²) in [6, 6.07) is 3.88. The number of hydrogen-bond acceptors (Lipinski definition) is 3. The quantitative estimate of drug-likeness (QED) is 0.804. The van der Waals surface area contributed by atoms with Gasteiger partial charge < -0.3 is 10.6 Å². The fourth-order valence-electron chi connectivity index (χ4n) is 2.30. The van der Waals surface area contributed by atoms with Gasteiger partial charge in [0.2, 0.25) is 0 Å². The van der Waals surface area contributed by atoms with Gasteiger partial charge in [-0.25, -0.2) is 4.98 Å². The minimum absolute atomic E-state index is 0.0191. The lowest BCUT2D eigenvalue weighted by Gasteiger charge is -2.16. The van der Waals surface area contributed by atoms with Gasteiger partial charge in [0.1, 0.15) is 5.82 Å². The second kappa shape index (κ2) is 7.88. The Labute approximate surface area is 122 Å². The second-order valence-corrected chi connectivity index (χ2v) is 5.74. The normalized spacial score (nSPS) is 12.3. The third kappa shape index (κ3) is 5.19. The van der Waals surface area contributed by atoms with Gasteiger partial charge in [0.05, 0.1) is 0 Å². The number of amides is 1. The maximum absolute atomic E-state index is 12.3. The van der Waals surface area contributed by atoms with Gasteiger partial charge in [-0.1, -0.05) is 27.2 Å². The molecule has 0 fully saturated rings. The van der Waals surface area contributed by atoms with Crippen molar-refractivity contribution in [3.63, 3.8) is 0 Å². The van der Waals surface area contributed by atoms with Crippen molar-refractivity contribution in [2.45, 2.75) is 53.0 Å². The van der Waals surface area contributed by atoms with Crippen molar-refractivity contribution in [3.05, 3.63) is 23.4 Å². The molecule has 2 N–H and O–H groups in total. The van der Waals surface area contributed by atoms with Crippen molar-refractivity contribution in [1.82, 2.24) is 10.3 Å². The van der Waals surface area contributed by atoms with E-state index in [9.17, 15) is 4.79 Å². The molecule has 1 aromatic rings. The third-order valence-electron chi connectivity index (χ3n) is 3.11. The van der Waals surface area contributed by atoms with Crippen LogP contribution in [0.1, 0.15) is 56.6 Å². The highest BCUT2D eigenvalue weighted by Crippen LogP contribution is 2.13. The maximum Gasteiger partial charge on any atom is 0.251 e. The number of carbonyl (C=O) groups is 1. The van der Waals surface area contributed by atoms with E-state index >= 15 is 0 Å². The zero-order chi connectivity index (χ0) is 15.1. The minimum atomic E-state index is -0.0191. The van der Waals surface area contributed by atoms with Gasteiger partial charge in [-0.05, 0) is 37.8 Å². The van der Waals surface area contributed by atoms with E-state index in [0.29, 0.717) is 11.5 Å². The lowest BCUT2D eigenvalue weighted by atomic mass is 10.0. The number of aromatic nitrogens is 1. The predicted octanol–water partition coefficient (Wildman–Crippen LogP) is 3.24. The van der Waals surface area contributed by atoms with Crippen LogP contribution in [-0.4, -0.2) is 24.0 Å². The van der Waals surface area contributed by atoms with Gasteiger partial charge in [-0.2, -0.15) is 0 Å². The summed E-state index contributed by atoms with van der Waals surface area (Å²) in [5, 5.41) is 6.07. The molecule has 1 unspecified atom stereocenters. The van der Waals surface area contributed by atoms with Crippen molar-refractivity contribution in [3.8, 4) is 0 Å². The summed E-state index contributed by atoms with van der Waals surface area (Å²) in [5.74, 6) is 1.30. The standard InChI is InChI=1S/C16H27N3O/c1-6-7-14-9-13(10-15(17-5)19-14)16(20)18-12(4)8-11(2)3/h9-12H,6-8H2,1-5H3,(H,17,19)(H,18,20). The topological polar surface area (TPSA) is 54.0 Å². The summed E-state index contributed by atoms with van der Waals surface area (Å²) in [5.41, 5.74) is 1.64. The number of aryl methyl sites for hydroxylation is 1. The Balaban J connectivity index is 2.83. The molecule has 1 heterocycles. The summed E-state index contributed by atoms with van der Waals surface area (Å²) in [4.78, 5) is 16.8. The zero-order valence-electron chi connectivity index (χ0n) is 13.3. The van der Waals surface area contributed by atoms with Crippen LogP contribution in [0.4, 0.5) is 5.82 Å². The zero-order valence-corrected chi connectivity index (χ0v) is 13.3. The molecule has 0 aliphatic carbocycles. The summed E-state index contributed by atoms with van der Waals surface area (Å²) < 4.78 is 0. The van der Waals surface area contributed by atoms with Crippen LogP contribution in [0.25, 0.3) is 0 Å². The minimum Gasteiger partial charge on any atom is -0.373 e. The van der Waals surface area contributed by atoms with Crippen molar-refractivity contribution in [1.29, 1.82) is 0 Å². The highest BCUT2D eigenvalue weighted by Gasteiger charge is 2.13. The number of rotatable bonds is 7. The first-order valence-electron chi connectivity index (χ1n) is 7.45. The monoisotopic (exact) mass is 277 g/mol. The van der Waals surface area contributed by atoms with E-state index in [4.69, 9.17) is 0 Å². The van der Waals surface area contributed by atoms with Gasteiger partial charge in [-0.3, -0.25) is 4.79 Å². The first-order chi connectivity index (χ1) is 9.46. The van der Waals surface area contributed by atoms with Gasteiger partial charge in [0, 0.05) is 24.3 Å². The SMILES string of the molecule is CCCc1cc(C(=O)NC(C)CC(C)C)cc(NC)n1. The van der Waals surface area contributed by atoms with Crippen molar-refractivity contribution in [2.24, 2.45) is 5.92 Å². The molecular weight excluding hydrogens is 250 g/mol. The molecule has 1 rings (SSSR count). The van der Waals surface area contributed by atoms with E-state index in [-0.39, 0.29) is 11.9 Å². The van der Waals surface area contributed by atoms with Gasteiger partial charge in [0.15, 0.2) is 0 Å². The Morgan fingerprint density at radius 1 is 1.30 bits per heavy atom. The van der Waals surface area contributed by atoms with Crippen LogP contribution in [0.5, 0.6) is 0 Å². The van der Waals surface area contributed by atoms with E-state index < -0.39 is 0 Å². The molecule has 0 aliphatic rings. The summed E-state index contributed by atoms with van der Waals surface area (Å²) in [6.45, 7) is 8.48. The molecular formula is C16H27N3O. The van der Waals surface area contributed by atoms with Crippen LogP contribution in [0.15, 0.2) is 12.1 Å². The predicted molar refractivity (Wildman–Crippen MR) is 84.2 cm³/mol. The van der Waals surface area contributed by atoms with Crippen LogP contribution in [0.2, 0.25) is 0 Å². The molecule has 4 heteroatoms. The van der Waals surface area contributed by atoms with E-state index in [0.717, 1.165) is 30.8 Å². The van der Waals surface area contributed by atoms with Crippen LogP contribution in [0.3, 0.4) is 0 Å². The number of pyridine rings is 1. The van der Waals surface area contributed by atoms with E-state index in [1.54, 1.807) is 6.07 Å².